The Morgan fingerprint density at radius 2 is 2.05 bits per heavy atom. The van der Waals surface area contributed by atoms with Gasteiger partial charge in [0.25, 0.3) is 0 Å². The van der Waals surface area contributed by atoms with E-state index in [1.807, 2.05) is 12.1 Å². The number of rotatable bonds is 2. The highest BCUT2D eigenvalue weighted by atomic mass is 15.3. The van der Waals surface area contributed by atoms with Gasteiger partial charge in [-0.15, -0.1) is 10.2 Å². The molecule has 4 heteroatoms. The molecule has 2 heterocycles. The van der Waals surface area contributed by atoms with Crippen LogP contribution >= 0.6 is 0 Å². The van der Waals surface area contributed by atoms with Crippen LogP contribution in [-0.2, 0) is 13.0 Å². The first-order valence-corrected chi connectivity index (χ1v) is 7.80. The molecule has 0 spiro atoms. The van der Waals surface area contributed by atoms with Crippen LogP contribution in [0.5, 0.6) is 0 Å². The molecule has 0 amide bonds. The molecule has 0 saturated heterocycles. The number of aromatic nitrogens is 3. The normalized spacial score (nSPS) is 15.0. The number of nitrogens with zero attached hydrogens (tertiary/aromatic N) is 4. The molecule has 0 aliphatic carbocycles. The lowest BCUT2D eigenvalue weighted by atomic mass is 10.0. The third-order valence-electron chi connectivity index (χ3n) is 4.31. The minimum atomic E-state index is 0.587. The molecule has 1 aliphatic heterocycles. The molecule has 0 bridgehead atoms. The van der Waals surface area contributed by atoms with Crippen molar-refractivity contribution in [2.24, 2.45) is 0 Å². The van der Waals surface area contributed by atoms with Crippen LogP contribution in [0.15, 0.2) is 18.2 Å². The van der Waals surface area contributed by atoms with Crippen molar-refractivity contribution >= 4 is 11.6 Å². The van der Waals surface area contributed by atoms with Gasteiger partial charge in [-0.05, 0) is 49.5 Å². The van der Waals surface area contributed by atoms with E-state index in [1.165, 1.54) is 17.5 Å². The number of hydrogen-bond donors (Lipinski definition) is 0. The molecule has 0 atom stereocenters. The van der Waals surface area contributed by atoms with E-state index < -0.39 is 0 Å². The van der Waals surface area contributed by atoms with Gasteiger partial charge in [-0.25, -0.2) is 0 Å². The maximum absolute atomic E-state index is 9.56. The molecule has 0 fully saturated rings. The van der Waals surface area contributed by atoms with Gasteiger partial charge >= 0.3 is 0 Å². The van der Waals surface area contributed by atoms with Gasteiger partial charge in [-0.3, -0.25) is 0 Å². The van der Waals surface area contributed by atoms with Crippen LogP contribution in [0.2, 0.25) is 0 Å². The smallest absolute Gasteiger partial charge is 0.174 e. The van der Waals surface area contributed by atoms with Crippen molar-refractivity contribution in [2.75, 3.05) is 0 Å². The van der Waals surface area contributed by atoms with E-state index >= 15 is 0 Å². The Morgan fingerprint density at radius 3 is 2.82 bits per heavy atom. The van der Waals surface area contributed by atoms with Crippen molar-refractivity contribution < 1.29 is 0 Å². The highest BCUT2D eigenvalue weighted by molar-refractivity contribution is 5.87. The Kier molecular flexibility index (Phi) is 4.06. The van der Waals surface area contributed by atoms with Gasteiger partial charge in [-0.1, -0.05) is 24.6 Å². The summed E-state index contributed by atoms with van der Waals surface area (Å²) in [5, 5.41) is 18.1. The summed E-state index contributed by atoms with van der Waals surface area (Å²) in [7, 11) is 0. The quantitative estimate of drug-likeness (QED) is 0.793. The zero-order valence-electron chi connectivity index (χ0n) is 13.1. The van der Waals surface area contributed by atoms with E-state index in [-0.39, 0.29) is 0 Å². The van der Waals surface area contributed by atoms with Crippen LogP contribution in [0.1, 0.15) is 47.6 Å². The topological polar surface area (TPSA) is 54.5 Å². The van der Waals surface area contributed by atoms with E-state index in [9.17, 15) is 5.26 Å². The lowest BCUT2D eigenvalue weighted by molar-refractivity contribution is 0.627. The van der Waals surface area contributed by atoms with E-state index in [1.54, 1.807) is 0 Å². The van der Waals surface area contributed by atoms with Crippen molar-refractivity contribution in [1.82, 2.24) is 14.8 Å². The Hall–Kier alpha value is -2.41. The maximum atomic E-state index is 9.56. The second-order valence-corrected chi connectivity index (χ2v) is 5.92. The van der Waals surface area contributed by atoms with Gasteiger partial charge in [0.05, 0.1) is 5.57 Å². The zero-order valence-corrected chi connectivity index (χ0v) is 13.1. The molecule has 1 aliphatic rings. The Balaban J connectivity index is 2.01. The minimum absolute atomic E-state index is 0.587. The Bertz CT molecular complexity index is 762. The van der Waals surface area contributed by atoms with Gasteiger partial charge in [-0.2, -0.15) is 5.26 Å². The number of fused-ring (bicyclic) bond motifs is 1. The maximum Gasteiger partial charge on any atom is 0.174 e. The molecule has 0 radical (unpaired) electrons. The van der Waals surface area contributed by atoms with Crippen molar-refractivity contribution in [3.05, 3.63) is 46.5 Å². The molecule has 4 nitrogen and oxygen atoms in total. The fourth-order valence-corrected chi connectivity index (χ4v) is 2.85. The van der Waals surface area contributed by atoms with E-state index in [0.717, 1.165) is 37.2 Å². The minimum Gasteiger partial charge on any atom is -0.310 e. The number of allylic oxidation sites excluding steroid dienone is 1. The van der Waals surface area contributed by atoms with E-state index in [0.29, 0.717) is 11.4 Å². The van der Waals surface area contributed by atoms with Crippen LogP contribution in [0, 0.1) is 25.2 Å². The van der Waals surface area contributed by atoms with Crippen molar-refractivity contribution in [1.29, 1.82) is 5.26 Å². The average Bonchev–Trinajstić information content (AvgIpc) is 2.77. The Labute approximate surface area is 131 Å². The molecule has 1 aromatic heterocycles. The highest BCUT2D eigenvalue weighted by Crippen LogP contribution is 2.22. The molecule has 0 unspecified atom stereocenters. The third kappa shape index (κ3) is 2.80. The summed E-state index contributed by atoms with van der Waals surface area (Å²) in [5.41, 5.74) is 4.10. The lowest BCUT2D eigenvalue weighted by Crippen LogP contribution is -2.05. The predicted octanol–water partition coefficient (Wildman–Crippen LogP) is 3.69. The lowest BCUT2D eigenvalue weighted by Gasteiger charge is -2.06. The summed E-state index contributed by atoms with van der Waals surface area (Å²) in [6.07, 6.45) is 6.36. The Morgan fingerprint density at radius 1 is 1.18 bits per heavy atom. The summed E-state index contributed by atoms with van der Waals surface area (Å²) in [6, 6.07) is 8.52. The van der Waals surface area contributed by atoms with Gasteiger partial charge in [0.1, 0.15) is 11.9 Å². The second kappa shape index (κ2) is 6.15. The summed E-state index contributed by atoms with van der Waals surface area (Å²) in [4.78, 5) is 0. The monoisotopic (exact) mass is 292 g/mol. The number of hydrogen-bond acceptors (Lipinski definition) is 3. The average molecular weight is 292 g/mol. The fourth-order valence-electron chi connectivity index (χ4n) is 2.85. The number of nitriles is 1. The number of aryl methyl sites for hydroxylation is 3. The number of benzene rings is 1. The first kappa shape index (κ1) is 14.5. The van der Waals surface area contributed by atoms with Crippen LogP contribution in [0.3, 0.4) is 0 Å². The summed E-state index contributed by atoms with van der Waals surface area (Å²) in [5.74, 6) is 1.71. The van der Waals surface area contributed by atoms with Crippen LogP contribution in [-0.4, -0.2) is 14.8 Å². The van der Waals surface area contributed by atoms with Crippen LogP contribution < -0.4 is 0 Å². The molecule has 1 aromatic carbocycles. The van der Waals surface area contributed by atoms with Gasteiger partial charge in [0.15, 0.2) is 5.82 Å². The SMILES string of the molecule is Cc1ccc(/C=C(\C#N)c2nnc3n2CCCCC3)cc1C. The van der Waals surface area contributed by atoms with Crippen LogP contribution in [0.4, 0.5) is 0 Å². The van der Waals surface area contributed by atoms with Crippen molar-refractivity contribution in [3.63, 3.8) is 0 Å². The summed E-state index contributed by atoms with van der Waals surface area (Å²) < 4.78 is 2.11. The van der Waals surface area contributed by atoms with Gasteiger partial charge < -0.3 is 4.57 Å². The molecule has 0 saturated carbocycles. The first-order valence-electron chi connectivity index (χ1n) is 7.80. The van der Waals surface area contributed by atoms with Crippen molar-refractivity contribution in [3.8, 4) is 6.07 Å². The zero-order chi connectivity index (χ0) is 15.5. The van der Waals surface area contributed by atoms with Gasteiger partial charge in [0.2, 0.25) is 0 Å². The molecular formula is C18H20N4. The molecular weight excluding hydrogens is 272 g/mol. The third-order valence-corrected chi connectivity index (χ3v) is 4.31. The van der Waals surface area contributed by atoms with E-state index in [4.69, 9.17) is 0 Å². The molecule has 2 aromatic rings. The summed E-state index contributed by atoms with van der Waals surface area (Å²) >= 11 is 0. The molecule has 112 valence electrons. The first-order chi connectivity index (χ1) is 10.7. The largest absolute Gasteiger partial charge is 0.310 e. The molecule has 22 heavy (non-hydrogen) atoms. The van der Waals surface area contributed by atoms with Crippen molar-refractivity contribution in [2.45, 2.75) is 46.1 Å². The standard InChI is InChI=1S/C18H20N4/c1-13-7-8-15(10-14(13)2)11-16(12-19)18-21-20-17-6-4-3-5-9-22(17)18/h7-8,10-11H,3-6,9H2,1-2H3/b16-11+. The van der Waals surface area contributed by atoms with Gasteiger partial charge in [0, 0.05) is 13.0 Å². The molecule has 0 N–H and O–H groups in total. The summed E-state index contributed by atoms with van der Waals surface area (Å²) in [6.45, 7) is 5.08. The second-order valence-electron chi connectivity index (χ2n) is 5.92. The van der Waals surface area contributed by atoms with E-state index in [2.05, 4.69) is 46.8 Å². The van der Waals surface area contributed by atoms with Crippen LogP contribution in [0.25, 0.3) is 11.6 Å². The fraction of sp³-hybridized carbons (Fsp3) is 0.389. The predicted molar refractivity (Wildman–Crippen MR) is 87.0 cm³/mol. The highest BCUT2D eigenvalue weighted by Gasteiger charge is 2.17. The molecule has 3 rings (SSSR count).